The van der Waals surface area contributed by atoms with E-state index in [-0.39, 0.29) is 23.3 Å². The largest absolute Gasteiger partial charge is 0.416 e. The van der Waals surface area contributed by atoms with Crippen LogP contribution in [0, 0.1) is 18.7 Å². The summed E-state index contributed by atoms with van der Waals surface area (Å²) >= 11 is 0. The highest BCUT2D eigenvalue weighted by Gasteiger charge is 2.41. The Balaban J connectivity index is 1.66. The van der Waals surface area contributed by atoms with Gasteiger partial charge >= 0.3 is 12.4 Å². The fraction of sp³-hybridized carbons (Fsp3) is 0.367. The van der Waals surface area contributed by atoms with Crippen molar-refractivity contribution >= 4 is 22.6 Å². The summed E-state index contributed by atoms with van der Waals surface area (Å²) in [4.78, 5) is 19.5. The number of rotatable bonds is 6. The first-order chi connectivity index (χ1) is 19.9. The Labute approximate surface area is 241 Å². The number of hydrogen-bond acceptors (Lipinski definition) is 4. The Morgan fingerprint density at radius 2 is 1.56 bits per heavy atom. The molecule has 1 aliphatic carbocycles. The van der Waals surface area contributed by atoms with Crippen molar-refractivity contribution in [3.63, 3.8) is 0 Å². The lowest BCUT2D eigenvalue weighted by Crippen LogP contribution is -2.42. The van der Waals surface area contributed by atoms with Crippen LogP contribution in [0.1, 0.15) is 55.2 Å². The maximum Gasteiger partial charge on any atom is 0.416 e. The second kappa shape index (κ2) is 10.3. The summed E-state index contributed by atoms with van der Waals surface area (Å²) in [6, 6.07) is 5.07. The van der Waals surface area contributed by atoms with Crippen molar-refractivity contribution in [2.75, 3.05) is 11.9 Å². The Kier molecular flexibility index (Phi) is 7.31. The van der Waals surface area contributed by atoms with Crippen LogP contribution in [0.15, 0.2) is 48.8 Å². The molecule has 1 saturated carbocycles. The van der Waals surface area contributed by atoms with Crippen LogP contribution in [-0.4, -0.2) is 32.8 Å². The van der Waals surface area contributed by atoms with E-state index >= 15 is 0 Å². The fourth-order valence-electron chi connectivity index (χ4n) is 5.19. The molecule has 1 aliphatic rings. The average molecular weight is 609 g/mol. The summed E-state index contributed by atoms with van der Waals surface area (Å²) in [6.07, 6.45) is -6.74. The molecule has 1 amide bonds. The molecule has 0 aliphatic heterocycles. The number of aryl methyl sites for hydroxylation is 1. The van der Waals surface area contributed by atoms with Gasteiger partial charge in [0.1, 0.15) is 5.82 Å². The highest BCUT2D eigenvalue weighted by atomic mass is 19.4. The Morgan fingerprint density at radius 1 is 0.977 bits per heavy atom. The van der Waals surface area contributed by atoms with Crippen LogP contribution in [0.4, 0.5) is 36.4 Å². The van der Waals surface area contributed by atoms with E-state index in [1.54, 1.807) is 6.92 Å². The molecule has 228 valence electrons. The number of amides is 1. The van der Waals surface area contributed by atoms with E-state index in [2.05, 4.69) is 10.1 Å². The molecule has 0 bridgehead atoms. The number of aliphatic hydroxyl groups is 1. The smallest absolute Gasteiger partial charge is 0.371 e. The first kappa shape index (κ1) is 30.5. The second-order valence-corrected chi connectivity index (χ2v) is 11.3. The van der Waals surface area contributed by atoms with E-state index in [1.165, 1.54) is 56.2 Å². The van der Waals surface area contributed by atoms with Gasteiger partial charge in [0.05, 0.1) is 34.6 Å². The first-order valence-electron chi connectivity index (χ1n) is 13.3. The molecular weight excluding hydrogens is 581 g/mol. The number of benzene rings is 2. The summed E-state index contributed by atoms with van der Waals surface area (Å²) in [5.74, 6) is -1.34. The van der Waals surface area contributed by atoms with Gasteiger partial charge in [-0.25, -0.2) is 14.1 Å². The maximum atomic E-state index is 14.1. The number of halogens is 7. The van der Waals surface area contributed by atoms with E-state index in [0.717, 1.165) is 17.7 Å². The van der Waals surface area contributed by atoms with Crippen LogP contribution < -0.4 is 4.90 Å². The molecule has 0 spiro atoms. The summed E-state index contributed by atoms with van der Waals surface area (Å²) in [5, 5.41) is 15.5. The normalized spacial score (nSPS) is 15.2. The van der Waals surface area contributed by atoms with E-state index in [0.29, 0.717) is 34.2 Å². The number of aromatic nitrogens is 3. The van der Waals surface area contributed by atoms with E-state index in [4.69, 9.17) is 0 Å². The number of anilines is 1. The minimum Gasteiger partial charge on any atom is -0.371 e. The summed E-state index contributed by atoms with van der Waals surface area (Å²) in [7, 11) is 1.33. The van der Waals surface area contributed by atoms with Gasteiger partial charge in [-0.3, -0.25) is 4.79 Å². The van der Waals surface area contributed by atoms with Gasteiger partial charge in [-0.15, -0.1) is 0 Å². The van der Waals surface area contributed by atoms with Crippen molar-refractivity contribution in [1.29, 1.82) is 0 Å². The monoisotopic (exact) mass is 608 g/mol. The molecule has 13 heteroatoms. The lowest BCUT2D eigenvalue weighted by Gasteiger charge is -2.32. The molecule has 4 aromatic rings. The zero-order valence-electron chi connectivity index (χ0n) is 23.5. The van der Waals surface area contributed by atoms with Gasteiger partial charge in [0, 0.05) is 23.9 Å². The zero-order valence-corrected chi connectivity index (χ0v) is 23.5. The number of aliphatic hydroxyl groups excluding tert-OH is 1. The van der Waals surface area contributed by atoms with Crippen LogP contribution in [0.25, 0.3) is 22.2 Å². The number of carbonyl (C=O) groups excluding carboxylic acids is 1. The zero-order chi connectivity index (χ0) is 31.6. The molecule has 0 radical (unpaired) electrons. The summed E-state index contributed by atoms with van der Waals surface area (Å²) in [5.41, 5.74) is -3.63. The van der Waals surface area contributed by atoms with Crippen molar-refractivity contribution in [3.05, 3.63) is 76.9 Å². The molecule has 1 fully saturated rings. The third-order valence-corrected chi connectivity index (χ3v) is 7.87. The highest BCUT2D eigenvalue weighted by Crippen LogP contribution is 2.44. The number of carbonyl (C=O) groups is 1. The van der Waals surface area contributed by atoms with Gasteiger partial charge in [0.25, 0.3) is 0 Å². The van der Waals surface area contributed by atoms with E-state index < -0.39 is 52.4 Å². The third kappa shape index (κ3) is 5.57. The molecule has 2 heterocycles. The molecule has 1 unspecified atom stereocenters. The van der Waals surface area contributed by atoms with E-state index in [1.807, 2.05) is 0 Å². The van der Waals surface area contributed by atoms with Crippen molar-refractivity contribution in [2.45, 2.75) is 57.6 Å². The van der Waals surface area contributed by atoms with Gasteiger partial charge < -0.3 is 10.0 Å². The lowest BCUT2D eigenvalue weighted by molar-refractivity contribution is -0.143. The fourth-order valence-corrected chi connectivity index (χ4v) is 5.19. The summed E-state index contributed by atoms with van der Waals surface area (Å²) < 4.78 is 97.0. The predicted molar refractivity (Wildman–Crippen MR) is 145 cm³/mol. The Hall–Kier alpha value is -4.00. The van der Waals surface area contributed by atoms with Crippen LogP contribution in [0.2, 0.25) is 0 Å². The lowest BCUT2D eigenvalue weighted by atomic mass is 9.81. The van der Waals surface area contributed by atoms with E-state index in [9.17, 15) is 40.6 Å². The van der Waals surface area contributed by atoms with Crippen LogP contribution in [0.3, 0.4) is 0 Å². The van der Waals surface area contributed by atoms with Crippen LogP contribution in [0.5, 0.6) is 0 Å². The number of fused-ring (bicyclic) bond motifs is 1. The quantitative estimate of drug-likeness (QED) is 0.231. The third-order valence-electron chi connectivity index (χ3n) is 7.87. The number of likely N-dealkylation sites (N-methyl/N-ethyl adjacent to an activating group) is 1. The van der Waals surface area contributed by atoms with Crippen molar-refractivity contribution in [2.24, 2.45) is 5.92 Å². The molecule has 5 rings (SSSR count). The van der Waals surface area contributed by atoms with Gasteiger partial charge in [-0.2, -0.15) is 31.4 Å². The SMILES string of the molecule is Cc1cc(F)ccc1-c1c(N(C)C(=O)C(C)(C)c2cc(C(F)(F)F)cc(C(F)(F)F)c2)cnc2c1cnn2C(O)C1CC1. The Bertz CT molecular complexity index is 1690. The maximum absolute atomic E-state index is 14.1. The number of nitrogens with zero attached hydrogens (tertiary/aromatic N) is 4. The first-order valence-corrected chi connectivity index (χ1v) is 13.3. The molecule has 2 aromatic heterocycles. The van der Waals surface area contributed by atoms with Crippen LogP contribution in [-0.2, 0) is 22.6 Å². The molecule has 1 N–H and O–H groups in total. The Morgan fingerprint density at radius 3 is 2.09 bits per heavy atom. The standard InChI is InChI=1S/C30H27F7N4O2/c1-15-9-20(31)7-8-21(15)24-22-13-39-41(26(42)16-5-6-16)25(22)38-14-23(24)40(4)27(43)28(2,3)17-10-18(29(32,33)34)12-19(11-17)30(35,36)37/h7-14,16,26,42H,5-6H2,1-4H3. The summed E-state index contributed by atoms with van der Waals surface area (Å²) in [6.45, 7) is 4.12. The number of alkyl halides is 6. The van der Waals surface area contributed by atoms with Gasteiger partial charge in [0.2, 0.25) is 5.91 Å². The molecule has 6 nitrogen and oxygen atoms in total. The van der Waals surface area contributed by atoms with Gasteiger partial charge in [-0.05, 0) is 80.6 Å². The molecule has 43 heavy (non-hydrogen) atoms. The van der Waals surface area contributed by atoms with Crippen molar-refractivity contribution in [1.82, 2.24) is 14.8 Å². The van der Waals surface area contributed by atoms with Gasteiger partial charge in [0.15, 0.2) is 11.9 Å². The predicted octanol–water partition coefficient (Wildman–Crippen LogP) is 7.42. The number of pyridine rings is 1. The molecular formula is C30H27F7N4O2. The van der Waals surface area contributed by atoms with Crippen LogP contribution >= 0.6 is 0 Å². The van der Waals surface area contributed by atoms with Crippen molar-refractivity contribution in [3.8, 4) is 11.1 Å². The van der Waals surface area contributed by atoms with Crippen molar-refractivity contribution < 1.29 is 40.6 Å². The number of hydrogen-bond donors (Lipinski definition) is 1. The molecule has 0 saturated heterocycles. The van der Waals surface area contributed by atoms with Gasteiger partial charge in [-0.1, -0.05) is 6.07 Å². The average Bonchev–Trinajstić information content (AvgIpc) is 3.69. The minimum atomic E-state index is -5.09. The topological polar surface area (TPSA) is 71.2 Å². The second-order valence-electron chi connectivity index (χ2n) is 11.3. The molecule has 2 aromatic carbocycles. The molecule has 1 atom stereocenters. The minimum absolute atomic E-state index is 0.000291. The highest BCUT2D eigenvalue weighted by molar-refractivity contribution is 6.08.